The number of phenolic OH excluding ortho intramolecular Hbond substituents is 1. The minimum absolute atomic E-state index is 0.00317. The normalized spacial score (nSPS) is 9.60. The van der Waals surface area contributed by atoms with Crippen molar-refractivity contribution in [3.8, 4) is 11.5 Å². The van der Waals surface area contributed by atoms with E-state index in [4.69, 9.17) is 9.84 Å². The fourth-order valence-corrected chi connectivity index (χ4v) is 0.987. The average molecular weight is 210 g/mol. The Labute approximate surface area is 90.6 Å². The van der Waals surface area contributed by atoms with Crippen LogP contribution in [0, 0.1) is 0 Å². The van der Waals surface area contributed by atoms with Crippen molar-refractivity contribution in [2.75, 3.05) is 13.7 Å². The smallest absolute Gasteiger partial charge is 0.161 e. The zero-order chi connectivity index (χ0) is 11.7. The molecule has 0 aliphatic rings. The number of ether oxygens (including phenoxy) is 1. The van der Waals surface area contributed by atoms with Crippen LogP contribution in [0.2, 0.25) is 0 Å². The molecule has 0 saturated carbocycles. The maximum atomic E-state index is 9.26. The van der Waals surface area contributed by atoms with E-state index < -0.39 is 0 Å². The van der Waals surface area contributed by atoms with E-state index in [1.807, 2.05) is 13.8 Å². The van der Waals surface area contributed by atoms with Crippen molar-refractivity contribution in [3.05, 3.63) is 29.8 Å². The molecule has 1 aromatic carbocycles. The van der Waals surface area contributed by atoms with Crippen LogP contribution in [0.5, 0.6) is 11.5 Å². The molecule has 0 fully saturated rings. The first-order valence-electron chi connectivity index (χ1n) is 4.92. The number of aliphatic hydroxyl groups is 1. The Bertz CT molecular complexity index is 306. The quantitative estimate of drug-likeness (QED) is 0.805. The SMILES string of the molecule is CC.COc1cc(/C=C/CO)ccc1O. The highest BCUT2D eigenvalue weighted by Crippen LogP contribution is 2.26. The summed E-state index contributed by atoms with van der Waals surface area (Å²) in [5.41, 5.74) is 0.878. The first-order valence-corrected chi connectivity index (χ1v) is 4.92. The van der Waals surface area contributed by atoms with Gasteiger partial charge >= 0.3 is 0 Å². The number of hydrogen-bond acceptors (Lipinski definition) is 3. The molecular weight excluding hydrogens is 192 g/mol. The van der Waals surface area contributed by atoms with E-state index in [1.165, 1.54) is 7.11 Å². The fraction of sp³-hybridized carbons (Fsp3) is 0.333. The summed E-state index contributed by atoms with van der Waals surface area (Å²) in [4.78, 5) is 0. The highest BCUT2D eigenvalue weighted by Gasteiger charge is 1.99. The van der Waals surface area contributed by atoms with Crippen molar-refractivity contribution in [2.24, 2.45) is 0 Å². The molecule has 3 nitrogen and oxygen atoms in total. The Balaban J connectivity index is 0.000000921. The second kappa shape index (κ2) is 7.88. The number of aliphatic hydroxyl groups excluding tert-OH is 1. The van der Waals surface area contributed by atoms with Gasteiger partial charge in [0.25, 0.3) is 0 Å². The maximum Gasteiger partial charge on any atom is 0.161 e. The van der Waals surface area contributed by atoms with Crippen LogP contribution in [0.15, 0.2) is 24.3 Å². The Kier molecular flexibility index (Phi) is 7.10. The van der Waals surface area contributed by atoms with E-state index in [1.54, 1.807) is 30.4 Å². The first kappa shape index (κ1) is 13.5. The van der Waals surface area contributed by atoms with Crippen LogP contribution in [-0.2, 0) is 0 Å². The van der Waals surface area contributed by atoms with Crippen LogP contribution in [0.25, 0.3) is 6.08 Å². The molecular formula is C12H18O3. The molecule has 0 radical (unpaired) electrons. The number of rotatable bonds is 3. The molecule has 0 heterocycles. The van der Waals surface area contributed by atoms with Gasteiger partial charge in [-0.05, 0) is 17.7 Å². The molecule has 0 aromatic heterocycles. The van der Waals surface area contributed by atoms with Crippen molar-refractivity contribution in [2.45, 2.75) is 13.8 Å². The first-order chi connectivity index (χ1) is 7.27. The molecule has 84 valence electrons. The zero-order valence-electron chi connectivity index (χ0n) is 9.40. The second-order valence-corrected chi connectivity index (χ2v) is 2.52. The molecule has 3 heteroatoms. The van der Waals surface area contributed by atoms with Gasteiger partial charge in [0.2, 0.25) is 0 Å². The molecule has 0 aliphatic heterocycles. The largest absolute Gasteiger partial charge is 0.504 e. The minimum Gasteiger partial charge on any atom is -0.504 e. The lowest BCUT2D eigenvalue weighted by Crippen LogP contribution is -1.84. The van der Waals surface area contributed by atoms with Crippen LogP contribution in [-0.4, -0.2) is 23.9 Å². The third-order valence-electron chi connectivity index (χ3n) is 1.62. The van der Waals surface area contributed by atoms with E-state index in [9.17, 15) is 5.11 Å². The molecule has 0 unspecified atom stereocenters. The van der Waals surface area contributed by atoms with Crippen LogP contribution < -0.4 is 4.74 Å². The molecule has 1 aromatic rings. The lowest BCUT2D eigenvalue weighted by molar-refractivity contribution is 0.343. The van der Waals surface area contributed by atoms with Crippen LogP contribution in [0.4, 0.5) is 0 Å². The van der Waals surface area contributed by atoms with E-state index >= 15 is 0 Å². The van der Waals surface area contributed by atoms with Crippen molar-refractivity contribution in [1.82, 2.24) is 0 Å². The summed E-state index contributed by atoms with van der Waals surface area (Å²) in [5, 5.41) is 17.8. The Hall–Kier alpha value is -1.48. The highest BCUT2D eigenvalue weighted by molar-refractivity contribution is 5.55. The third kappa shape index (κ3) is 4.51. The highest BCUT2D eigenvalue weighted by atomic mass is 16.5. The Morgan fingerprint density at radius 3 is 2.53 bits per heavy atom. The van der Waals surface area contributed by atoms with Crippen LogP contribution in [0.3, 0.4) is 0 Å². The summed E-state index contributed by atoms with van der Waals surface area (Å²) in [5.74, 6) is 0.545. The predicted octanol–water partition coefficient (Wildman–Crippen LogP) is 2.43. The molecule has 0 aliphatic carbocycles. The number of hydrogen-bond donors (Lipinski definition) is 2. The number of benzene rings is 1. The summed E-state index contributed by atoms with van der Waals surface area (Å²) in [6.07, 6.45) is 3.37. The molecule has 2 N–H and O–H groups in total. The topological polar surface area (TPSA) is 49.7 Å². The van der Waals surface area contributed by atoms with Gasteiger partial charge in [-0.25, -0.2) is 0 Å². The van der Waals surface area contributed by atoms with Crippen LogP contribution in [0.1, 0.15) is 19.4 Å². The standard InChI is InChI=1S/C10H12O3.C2H6/c1-13-10-7-8(3-2-6-11)4-5-9(10)12;1-2/h2-5,7,11-12H,6H2,1H3;1-2H3/b3-2+;. The monoisotopic (exact) mass is 210 g/mol. The molecule has 0 amide bonds. The summed E-state index contributed by atoms with van der Waals surface area (Å²) >= 11 is 0. The molecule has 0 saturated heterocycles. The Morgan fingerprint density at radius 1 is 1.33 bits per heavy atom. The summed E-state index contributed by atoms with van der Waals surface area (Å²) in [6.45, 7) is 4.00. The minimum atomic E-state index is 0.00317. The second-order valence-electron chi connectivity index (χ2n) is 2.52. The van der Waals surface area contributed by atoms with Gasteiger partial charge in [0.05, 0.1) is 13.7 Å². The van der Waals surface area contributed by atoms with Gasteiger partial charge < -0.3 is 14.9 Å². The van der Waals surface area contributed by atoms with Gasteiger partial charge in [0, 0.05) is 0 Å². The summed E-state index contributed by atoms with van der Waals surface area (Å²) in [6, 6.07) is 4.99. The van der Waals surface area contributed by atoms with Crippen molar-refractivity contribution < 1.29 is 14.9 Å². The van der Waals surface area contributed by atoms with E-state index in [0.717, 1.165) is 5.56 Å². The zero-order valence-corrected chi connectivity index (χ0v) is 9.40. The van der Waals surface area contributed by atoms with Gasteiger partial charge in [0.15, 0.2) is 11.5 Å². The molecule has 0 spiro atoms. The average Bonchev–Trinajstić information content (AvgIpc) is 2.30. The summed E-state index contributed by atoms with van der Waals surface area (Å²) < 4.78 is 4.92. The fourth-order valence-electron chi connectivity index (χ4n) is 0.987. The van der Waals surface area contributed by atoms with Gasteiger partial charge in [-0.1, -0.05) is 32.1 Å². The van der Waals surface area contributed by atoms with Gasteiger partial charge in [-0.2, -0.15) is 0 Å². The van der Waals surface area contributed by atoms with Crippen molar-refractivity contribution in [3.63, 3.8) is 0 Å². The van der Waals surface area contributed by atoms with Crippen molar-refractivity contribution >= 4 is 6.08 Å². The van der Waals surface area contributed by atoms with E-state index in [2.05, 4.69) is 0 Å². The van der Waals surface area contributed by atoms with E-state index in [-0.39, 0.29) is 12.4 Å². The van der Waals surface area contributed by atoms with Gasteiger partial charge in [-0.3, -0.25) is 0 Å². The van der Waals surface area contributed by atoms with Crippen LogP contribution >= 0.6 is 0 Å². The van der Waals surface area contributed by atoms with Crippen molar-refractivity contribution in [1.29, 1.82) is 0 Å². The lowest BCUT2D eigenvalue weighted by Gasteiger charge is -2.03. The van der Waals surface area contributed by atoms with Gasteiger partial charge in [-0.15, -0.1) is 0 Å². The van der Waals surface area contributed by atoms with E-state index in [0.29, 0.717) is 5.75 Å². The molecule has 0 bridgehead atoms. The predicted molar refractivity (Wildman–Crippen MR) is 62.1 cm³/mol. The molecule has 1 rings (SSSR count). The Morgan fingerprint density at radius 2 is 2.00 bits per heavy atom. The molecule has 15 heavy (non-hydrogen) atoms. The van der Waals surface area contributed by atoms with Gasteiger partial charge in [0.1, 0.15) is 0 Å². The number of methoxy groups -OCH3 is 1. The lowest BCUT2D eigenvalue weighted by atomic mass is 10.2. The number of phenols is 1. The maximum absolute atomic E-state index is 9.26. The number of aromatic hydroxyl groups is 1. The molecule has 0 atom stereocenters. The summed E-state index contributed by atoms with van der Waals surface area (Å²) in [7, 11) is 1.49. The third-order valence-corrected chi connectivity index (χ3v) is 1.62.